The number of ether oxygens (including phenoxy) is 3. The molecule has 0 aliphatic rings. The average Bonchev–Trinajstić information content (AvgIpc) is 2.66. The first-order chi connectivity index (χ1) is 12.4. The van der Waals surface area contributed by atoms with Crippen molar-refractivity contribution in [3.05, 3.63) is 52.6 Å². The third-order valence-corrected chi connectivity index (χ3v) is 4.29. The van der Waals surface area contributed by atoms with Gasteiger partial charge in [-0.2, -0.15) is 5.06 Å². The van der Waals surface area contributed by atoms with E-state index in [0.717, 1.165) is 23.3 Å². The van der Waals surface area contributed by atoms with Crippen LogP contribution >= 0.6 is 0 Å². The summed E-state index contributed by atoms with van der Waals surface area (Å²) >= 11 is 0. The van der Waals surface area contributed by atoms with Crippen LogP contribution < -0.4 is 14.5 Å². The zero-order chi connectivity index (χ0) is 19.3. The number of carbonyl (C=O) groups excluding carboxylic acids is 1. The highest BCUT2D eigenvalue weighted by Crippen LogP contribution is 2.31. The minimum atomic E-state index is -0.890. The van der Waals surface area contributed by atoms with Crippen molar-refractivity contribution in [1.82, 2.24) is 0 Å². The Morgan fingerprint density at radius 3 is 2.46 bits per heavy atom. The highest BCUT2D eigenvalue weighted by Gasteiger charge is 2.20. The Balaban J connectivity index is 2.34. The van der Waals surface area contributed by atoms with Crippen LogP contribution in [0.2, 0.25) is 0 Å². The van der Waals surface area contributed by atoms with E-state index in [-0.39, 0.29) is 12.3 Å². The predicted molar refractivity (Wildman–Crippen MR) is 99.3 cm³/mol. The Morgan fingerprint density at radius 2 is 1.85 bits per heavy atom. The Morgan fingerprint density at radius 1 is 1.12 bits per heavy atom. The van der Waals surface area contributed by atoms with Crippen molar-refractivity contribution in [1.29, 1.82) is 0 Å². The van der Waals surface area contributed by atoms with Gasteiger partial charge in [0.15, 0.2) is 0 Å². The van der Waals surface area contributed by atoms with Gasteiger partial charge in [-0.25, -0.2) is 4.79 Å². The summed E-state index contributed by atoms with van der Waals surface area (Å²) in [4.78, 5) is 11.7. The van der Waals surface area contributed by atoms with Crippen LogP contribution in [0.1, 0.15) is 29.2 Å². The van der Waals surface area contributed by atoms with Crippen molar-refractivity contribution in [2.24, 2.45) is 0 Å². The number of benzene rings is 2. The lowest BCUT2D eigenvalue weighted by molar-refractivity contribution is 0.140. The number of carbonyl (C=O) groups is 1. The molecule has 0 aliphatic heterocycles. The maximum Gasteiger partial charge on any atom is 0.438 e. The number of nitrogens with zero attached hydrogens (tertiary/aromatic N) is 1. The first-order valence-electron chi connectivity index (χ1n) is 8.38. The Hall–Kier alpha value is -2.73. The van der Waals surface area contributed by atoms with Crippen molar-refractivity contribution < 1.29 is 24.2 Å². The quantitative estimate of drug-likeness (QED) is 0.611. The number of hydrogen-bond donors (Lipinski definition) is 1. The molecule has 0 heterocycles. The van der Waals surface area contributed by atoms with Crippen molar-refractivity contribution >= 4 is 11.8 Å². The van der Waals surface area contributed by atoms with Gasteiger partial charge in [0.2, 0.25) is 0 Å². The average molecular weight is 359 g/mol. The van der Waals surface area contributed by atoms with Gasteiger partial charge in [0.05, 0.1) is 25.5 Å². The van der Waals surface area contributed by atoms with Gasteiger partial charge in [-0.15, -0.1) is 0 Å². The molecule has 0 spiro atoms. The van der Waals surface area contributed by atoms with Crippen LogP contribution in [0, 0.1) is 13.8 Å². The van der Waals surface area contributed by atoms with Crippen LogP contribution in [-0.4, -0.2) is 25.5 Å². The molecule has 2 aromatic carbocycles. The van der Waals surface area contributed by atoms with Crippen LogP contribution in [-0.2, 0) is 17.8 Å². The minimum Gasteiger partial charge on any atom is -0.496 e. The second-order valence-corrected chi connectivity index (χ2v) is 5.93. The van der Waals surface area contributed by atoms with Gasteiger partial charge in [0, 0.05) is 0 Å². The van der Waals surface area contributed by atoms with E-state index in [1.807, 2.05) is 19.9 Å². The lowest BCUT2D eigenvalue weighted by Crippen LogP contribution is -2.28. The highest BCUT2D eigenvalue weighted by atomic mass is 16.6. The number of methoxy groups -OCH3 is 2. The molecule has 2 rings (SSSR count). The van der Waals surface area contributed by atoms with Gasteiger partial charge in [-0.3, -0.25) is 5.21 Å². The molecule has 0 unspecified atom stereocenters. The molecule has 0 fully saturated rings. The molecule has 0 aliphatic carbocycles. The number of anilines is 1. The Kier molecular flexibility index (Phi) is 6.46. The van der Waals surface area contributed by atoms with E-state index in [0.29, 0.717) is 16.4 Å². The molecule has 0 aromatic heterocycles. The van der Waals surface area contributed by atoms with Gasteiger partial charge in [-0.05, 0) is 55.2 Å². The standard InChI is InChI=1S/C20H25NO5/c1-6-15-10-14(3)19(11-13(15)2)26-12-16-17(21(23)20(22)25-5)8-7-9-18(16)24-4/h7-11,23H,6,12H2,1-5H3. The smallest absolute Gasteiger partial charge is 0.438 e. The summed E-state index contributed by atoms with van der Waals surface area (Å²) in [6, 6.07) is 9.12. The molecule has 0 radical (unpaired) electrons. The SMILES string of the molecule is CCc1cc(C)c(OCc2c(OC)cccc2N(O)C(=O)OC)cc1C. The molecule has 2 aromatic rings. The number of aryl methyl sites for hydroxylation is 3. The normalized spacial score (nSPS) is 10.4. The van der Waals surface area contributed by atoms with Crippen LogP contribution in [0.15, 0.2) is 30.3 Å². The van der Waals surface area contributed by atoms with Crippen LogP contribution in [0.5, 0.6) is 11.5 Å². The van der Waals surface area contributed by atoms with Gasteiger partial charge in [-0.1, -0.05) is 19.1 Å². The number of rotatable bonds is 6. The molecule has 1 amide bonds. The van der Waals surface area contributed by atoms with Crippen molar-refractivity contribution in [3.63, 3.8) is 0 Å². The second kappa shape index (κ2) is 8.58. The molecule has 6 heteroatoms. The van der Waals surface area contributed by atoms with E-state index in [1.54, 1.807) is 18.2 Å². The molecule has 0 saturated heterocycles. The summed E-state index contributed by atoms with van der Waals surface area (Å²) in [5.74, 6) is 1.25. The fourth-order valence-electron chi connectivity index (χ4n) is 2.81. The number of hydroxylamine groups is 1. The van der Waals surface area contributed by atoms with Crippen molar-refractivity contribution in [2.45, 2.75) is 33.8 Å². The monoisotopic (exact) mass is 359 g/mol. The number of amides is 1. The van der Waals surface area contributed by atoms with Gasteiger partial charge < -0.3 is 14.2 Å². The van der Waals surface area contributed by atoms with Crippen molar-refractivity contribution in [3.8, 4) is 11.5 Å². The van der Waals surface area contributed by atoms with E-state index in [9.17, 15) is 10.0 Å². The largest absolute Gasteiger partial charge is 0.496 e. The molecular formula is C20H25NO5. The summed E-state index contributed by atoms with van der Waals surface area (Å²) < 4.78 is 15.9. The topological polar surface area (TPSA) is 68.2 Å². The molecule has 0 atom stereocenters. The summed E-state index contributed by atoms with van der Waals surface area (Å²) in [6.07, 6.45) is 0.0706. The van der Waals surface area contributed by atoms with Gasteiger partial charge >= 0.3 is 6.09 Å². The first kappa shape index (κ1) is 19.6. The van der Waals surface area contributed by atoms with Crippen LogP contribution in [0.3, 0.4) is 0 Å². The molecular weight excluding hydrogens is 334 g/mol. The fraction of sp³-hybridized carbons (Fsp3) is 0.350. The first-order valence-corrected chi connectivity index (χ1v) is 8.38. The van der Waals surface area contributed by atoms with Gasteiger partial charge in [0.1, 0.15) is 18.1 Å². The molecule has 140 valence electrons. The zero-order valence-electron chi connectivity index (χ0n) is 15.8. The lowest BCUT2D eigenvalue weighted by Gasteiger charge is -2.20. The third kappa shape index (κ3) is 4.08. The number of hydrogen-bond acceptors (Lipinski definition) is 5. The van der Waals surface area contributed by atoms with Crippen LogP contribution in [0.25, 0.3) is 0 Å². The molecule has 0 bridgehead atoms. The minimum absolute atomic E-state index is 0.124. The van der Waals surface area contributed by atoms with E-state index < -0.39 is 6.09 Å². The van der Waals surface area contributed by atoms with E-state index in [1.165, 1.54) is 19.8 Å². The van der Waals surface area contributed by atoms with Gasteiger partial charge in [0.25, 0.3) is 0 Å². The molecule has 26 heavy (non-hydrogen) atoms. The maximum atomic E-state index is 11.7. The third-order valence-electron chi connectivity index (χ3n) is 4.29. The second-order valence-electron chi connectivity index (χ2n) is 5.93. The summed E-state index contributed by atoms with van der Waals surface area (Å²) in [7, 11) is 2.72. The summed E-state index contributed by atoms with van der Waals surface area (Å²) in [5.41, 5.74) is 4.25. The maximum absolute atomic E-state index is 11.7. The predicted octanol–water partition coefficient (Wildman–Crippen LogP) is 4.42. The molecule has 6 nitrogen and oxygen atoms in total. The highest BCUT2D eigenvalue weighted by molar-refractivity contribution is 5.86. The van der Waals surface area contributed by atoms with Crippen molar-refractivity contribution in [2.75, 3.05) is 19.3 Å². The summed E-state index contributed by atoms with van der Waals surface area (Å²) in [5, 5.41) is 10.5. The van der Waals surface area contributed by atoms with E-state index >= 15 is 0 Å². The molecule has 0 saturated carbocycles. The summed E-state index contributed by atoms with van der Waals surface area (Å²) in [6.45, 7) is 6.28. The Labute approximate surface area is 153 Å². The zero-order valence-corrected chi connectivity index (χ0v) is 15.8. The lowest BCUT2D eigenvalue weighted by atomic mass is 10.0. The fourth-order valence-corrected chi connectivity index (χ4v) is 2.81. The van der Waals surface area contributed by atoms with E-state index in [4.69, 9.17) is 9.47 Å². The van der Waals surface area contributed by atoms with E-state index in [2.05, 4.69) is 17.7 Å². The van der Waals surface area contributed by atoms with Crippen LogP contribution in [0.4, 0.5) is 10.5 Å². The molecule has 1 N–H and O–H groups in total. The Bertz CT molecular complexity index is 788.